The van der Waals surface area contributed by atoms with Crippen LogP contribution in [0.15, 0.2) is 42.2 Å². The predicted octanol–water partition coefficient (Wildman–Crippen LogP) is 3.50. The Labute approximate surface area is 192 Å². The number of thiazole rings is 1. The number of primary amides is 1. The molecular formula is C23H30N6O2S. The van der Waals surface area contributed by atoms with E-state index in [0.29, 0.717) is 23.5 Å². The molecule has 0 spiro atoms. The first-order valence-electron chi connectivity index (χ1n) is 10.7. The van der Waals surface area contributed by atoms with Crippen LogP contribution in [-0.4, -0.2) is 45.8 Å². The van der Waals surface area contributed by atoms with Gasteiger partial charge in [-0.15, -0.1) is 11.3 Å². The molecule has 0 fully saturated rings. The van der Waals surface area contributed by atoms with Crippen molar-refractivity contribution in [3.63, 3.8) is 0 Å². The van der Waals surface area contributed by atoms with E-state index in [1.165, 1.54) is 16.9 Å². The Morgan fingerprint density at radius 2 is 1.94 bits per heavy atom. The van der Waals surface area contributed by atoms with Gasteiger partial charge in [-0.05, 0) is 38.1 Å². The number of rotatable bonds is 12. The largest absolute Gasteiger partial charge is 0.370 e. The Morgan fingerprint density at radius 3 is 2.59 bits per heavy atom. The van der Waals surface area contributed by atoms with Crippen LogP contribution in [0.3, 0.4) is 0 Å². The number of benzene rings is 1. The Hall–Kier alpha value is -3.04. The van der Waals surface area contributed by atoms with Gasteiger partial charge in [0.15, 0.2) is 0 Å². The number of imidazole rings is 1. The molecule has 1 aromatic carbocycles. The number of carbonyl (C=O) groups excluding carboxylic acids is 2. The molecule has 3 rings (SSSR count). The number of nitrogens with zero attached hydrogens (tertiary/aromatic N) is 3. The molecule has 0 radical (unpaired) electrons. The van der Waals surface area contributed by atoms with Gasteiger partial charge in [-0.1, -0.05) is 37.1 Å². The van der Waals surface area contributed by atoms with E-state index in [1.807, 2.05) is 14.1 Å². The smallest absolute Gasteiger partial charge is 0.263 e. The van der Waals surface area contributed by atoms with Crippen LogP contribution in [0.2, 0.25) is 0 Å². The van der Waals surface area contributed by atoms with Crippen LogP contribution in [0.1, 0.15) is 59.2 Å². The maximum atomic E-state index is 12.6. The van der Waals surface area contributed by atoms with Gasteiger partial charge in [-0.25, -0.2) is 4.98 Å². The number of nitrogens with one attached hydrogen (secondary N) is 2. The quantitative estimate of drug-likeness (QED) is 0.362. The fraction of sp³-hybridized carbons (Fsp3) is 0.391. The molecule has 2 aromatic heterocycles. The highest BCUT2D eigenvalue weighted by Crippen LogP contribution is 2.24. The molecule has 0 unspecified atom stereocenters. The molecule has 170 valence electrons. The highest BCUT2D eigenvalue weighted by Gasteiger charge is 2.20. The van der Waals surface area contributed by atoms with Crippen molar-refractivity contribution >= 4 is 23.2 Å². The van der Waals surface area contributed by atoms with Crippen molar-refractivity contribution in [3.05, 3.63) is 58.4 Å². The summed E-state index contributed by atoms with van der Waals surface area (Å²) in [5.41, 5.74) is 10.0. The molecule has 3 aromatic rings. The molecule has 8 nitrogen and oxygen atoms in total. The minimum Gasteiger partial charge on any atom is -0.370 e. The zero-order valence-electron chi connectivity index (χ0n) is 18.5. The Balaban J connectivity index is 1.70. The molecule has 4 N–H and O–H groups in total. The number of unbranched alkanes of at least 4 members (excludes halogenated alkanes) is 2. The van der Waals surface area contributed by atoms with Crippen LogP contribution in [0, 0.1) is 0 Å². The van der Waals surface area contributed by atoms with E-state index in [4.69, 9.17) is 5.73 Å². The van der Waals surface area contributed by atoms with Gasteiger partial charge in [0.1, 0.15) is 10.7 Å². The van der Waals surface area contributed by atoms with Crippen LogP contribution in [0.5, 0.6) is 0 Å². The molecule has 0 aliphatic carbocycles. The first-order chi connectivity index (χ1) is 15.4. The fourth-order valence-electron chi connectivity index (χ4n) is 3.47. The van der Waals surface area contributed by atoms with Crippen molar-refractivity contribution in [1.29, 1.82) is 0 Å². The van der Waals surface area contributed by atoms with Crippen molar-refractivity contribution in [2.75, 3.05) is 14.1 Å². The lowest BCUT2D eigenvalue weighted by Gasteiger charge is -2.16. The number of carbonyl (C=O) groups is 2. The maximum absolute atomic E-state index is 12.6. The summed E-state index contributed by atoms with van der Waals surface area (Å²) in [6.07, 6.45) is 6.90. The number of aromatic amines is 1. The summed E-state index contributed by atoms with van der Waals surface area (Å²) in [6, 6.07) is 8.10. The molecule has 0 aliphatic rings. The monoisotopic (exact) mass is 454 g/mol. The second-order valence-corrected chi connectivity index (χ2v) is 8.96. The summed E-state index contributed by atoms with van der Waals surface area (Å²) < 4.78 is 0. The number of hydrogen-bond donors (Lipinski definition) is 3. The van der Waals surface area contributed by atoms with Crippen molar-refractivity contribution < 1.29 is 9.59 Å². The molecule has 32 heavy (non-hydrogen) atoms. The summed E-state index contributed by atoms with van der Waals surface area (Å²) in [5, 5.41) is 3.07. The third-order valence-electron chi connectivity index (χ3n) is 5.07. The van der Waals surface area contributed by atoms with Gasteiger partial charge in [0.2, 0.25) is 5.91 Å². The Morgan fingerprint density at radius 1 is 1.16 bits per heavy atom. The van der Waals surface area contributed by atoms with Crippen molar-refractivity contribution in [2.24, 2.45) is 5.73 Å². The fourth-order valence-corrected chi connectivity index (χ4v) is 4.00. The van der Waals surface area contributed by atoms with E-state index in [-0.39, 0.29) is 17.9 Å². The van der Waals surface area contributed by atoms with Crippen LogP contribution in [0.4, 0.5) is 0 Å². The summed E-state index contributed by atoms with van der Waals surface area (Å²) in [6.45, 7) is 0.885. The number of nitrogens with two attached hydrogens (primary N) is 1. The molecule has 1 atom stereocenters. The Kier molecular flexibility index (Phi) is 8.52. The molecule has 2 amide bonds. The highest BCUT2D eigenvalue weighted by atomic mass is 32.1. The number of aromatic nitrogens is 3. The van der Waals surface area contributed by atoms with Crippen molar-refractivity contribution in [3.8, 4) is 11.3 Å². The predicted molar refractivity (Wildman–Crippen MR) is 126 cm³/mol. The Bertz CT molecular complexity index is 998. The normalized spacial score (nSPS) is 12.1. The molecule has 0 bridgehead atoms. The summed E-state index contributed by atoms with van der Waals surface area (Å²) in [4.78, 5) is 38.2. The molecular weight excluding hydrogens is 424 g/mol. The van der Waals surface area contributed by atoms with E-state index < -0.39 is 0 Å². The van der Waals surface area contributed by atoms with Gasteiger partial charge in [0.25, 0.3) is 5.91 Å². The SMILES string of the molecule is CN(C)Cc1ccc(-c2cnc([C@H](CCCCCC(N)=O)NC(=O)c3cncs3)[nH]2)cc1. The summed E-state index contributed by atoms with van der Waals surface area (Å²) in [7, 11) is 4.09. The van der Waals surface area contributed by atoms with Gasteiger partial charge in [0, 0.05) is 13.0 Å². The van der Waals surface area contributed by atoms with E-state index in [9.17, 15) is 9.59 Å². The highest BCUT2D eigenvalue weighted by molar-refractivity contribution is 7.11. The van der Waals surface area contributed by atoms with Gasteiger partial charge in [0.05, 0.1) is 29.6 Å². The second kappa shape index (κ2) is 11.5. The van der Waals surface area contributed by atoms with Crippen molar-refractivity contribution in [2.45, 2.75) is 44.7 Å². The lowest BCUT2D eigenvalue weighted by atomic mass is 10.1. The van der Waals surface area contributed by atoms with Crippen LogP contribution >= 0.6 is 11.3 Å². The van der Waals surface area contributed by atoms with E-state index in [2.05, 4.69) is 49.4 Å². The summed E-state index contributed by atoms with van der Waals surface area (Å²) >= 11 is 1.30. The minimum absolute atomic E-state index is 0.166. The average molecular weight is 455 g/mol. The van der Waals surface area contributed by atoms with Gasteiger partial charge in [-0.2, -0.15) is 0 Å². The topological polar surface area (TPSA) is 117 Å². The van der Waals surface area contributed by atoms with E-state index in [1.54, 1.807) is 17.9 Å². The third-order valence-corrected chi connectivity index (χ3v) is 5.84. The third kappa shape index (κ3) is 7.00. The lowest BCUT2D eigenvalue weighted by Crippen LogP contribution is -2.28. The van der Waals surface area contributed by atoms with Gasteiger partial charge in [-0.3, -0.25) is 14.6 Å². The zero-order valence-corrected chi connectivity index (χ0v) is 19.3. The molecule has 0 saturated carbocycles. The second-order valence-electron chi connectivity index (χ2n) is 8.07. The summed E-state index contributed by atoms with van der Waals surface area (Å²) in [5.74, 6) is 0.262. The molecule has 0 saturated heterocycles. The standard InChI is InChI=1S/C23H30N6O2S/c1-29(2)14-16-8-10-17(11-9-16)19-12-26-22(27-19)18(6-4-3-5-7-21(24)30)28-23(31)20-13-25-15-32-20/h8-13,15,18H,3-7,14H2,1-2H3,(H2,24,30)(H,26,27)(H,28,31)/t18-/m0/s1. The number of hydrogen-bond acceptors (Lipinski definition) is 6. The maximum Gasteiger partial charge on any atom is 0.263 e. The van der Waals surface area contributed by atoms with E-state index in [0.717, 1.165) is 37.1 Å². The lowest BCUT2D eigenvalue weighted by molar-refractivity contribution is -0.118. The van der Waals surface area contributed by atoms with Crippen LogP contribution in [-0.2, 0) is 11.3 Å². The first kappa shape index (κ1) is 23.6. The van der Waals surface area contributed by atoms with Crippen LogP contribution in [0.25, 0.3) is 11.3 Å². The van der Waals surface area contributed by atoms with Gasteiger partial charge >= 0.3 is 0 Å². The van der Waals surface area contributed by atoms with E-state index >= 15 is 0 Å². The molecule has 9 heteroatoms. The molecule has 0 aliphatic heterocycles. The molecule has 2 heterocycles. The number of amides is 2. The average Bonchev–Trinajstić information content (AvgIpc) is 3.45. The van der Waals surface area contributed by atoms with Crippen LogP contribution < -0.4 is 11.1 Å². The number of H-pyrrole nitrogens is 1. The van der Waals surface area contributed by atoms with Crippen molar-refractivity contribution in [1.82, 2.24) is 25.2 Å². The minimum atomic E-state index is -0.285. The first-order valence-corrected chi connectivity index (χ1v) is 11.6. The van der Waals surface area contributed by atoms with Gasteiger partial charge < -0.3 is 20.9 Å². The zero-order chi connectivity index (χ0) is 22.9.